The van der Waals surface area contributed by atoms with Crippen molar-refractivity contribution in [3.05, 3.63) is 23.8 Å². The molecule has 0 aromatic rings. The van der Waals surface area contributed by atoms with E-state index in [1.165, 1.54) is 0 Å². The van der Waals surface area contributed by atoms with Crippen LogP contribution in [0.2, 0.25) is 0 Å². The van der Waals surface area contributed by atoms with Crippen LogP contribution in [0.4, 0.5) is 0 Å². The molecule has 2 nitrogen and oxygen atoms in total. The molecule has 0 fully saturated rings. The Bertz CT molecular complexity index is 177. The first-order valence-electron chi connectivity index (χ1n) is 2.81. The zero-order chi connectivity index (χ0) is 6.69. The Kier molecular flexibility index (Phi) is 1.68. The van der Waals surface area contributed by atoms with E-state index in [0.29, 0.717) is 12.2 Å². The second kappa shape index (κ2) is 2.49. The first-order valence-corrected chi connectivity index (χ1v) is 2.81. The molecule has 0 unspecified atom stereocenters. The summed E-state index contributed by atoms with van der Waals surface area (Å²) < 4.78 is 4.72. The van der Waals surface area contributed by atoms with Crippen molar-refractivity contribution >= 4 is 5.97 Å². The van der Waals surface area contributed by atoms with Gasteiger partial charge in [0.15, 0.2) is 0 Å². The van der Waals surface area contributed by atoms with Crippen LogP contribution >= 0.6 is 0 Å². The Balaban J connectivity index is 2.74. The molecule has 0 radical (unpaired) electrons. The zero-order valence-corrected chi connectivity index (χ0v) is 5.26. The lowest BCUT2D eigenvalue weighted by Crippen LogP contribution is -2.03. The maximum absolute atomic E-state index is 10.7. The van der Waals surface area contributed by atoms with Crippen molar-refractivity contribution in [1.82, 2.24) is 0 Å². The largest absolute Gasteiger partial charge is 0.458 e. The summed E-state index contributed by atoms with van der Waals surface area (Å²) in [5, 5.41) is 0. The van der Waals surface area contributed by atoms with E-state index in [4.69, 9.17) is 4.74 Å². The van der Waals surface area contributed by atoms with Gasteiger partial charge in [-0.25, -0.2) is 4.79 Å². The Morgan fingerprint density at radius 1 is 1.67 bits per heavy atom. The molecule has 1 aliphatic rings. The van der Waals surface area contributed by atoms with Crippen LogP contribution in [-0.2, 0) is 9.53 Å². The number of hydrogen-bond acceptors (Lipinski definition) is 2. The van der Waals surface area contributed by atoms with E-state index in [-0.39, 0.29) is 5.97 Å². The molecule has 1 rings (SSSR count). The highest BCUT2D eigenvalue weighted by molar-refractivity contribution is 5.88. The van der Waals surface area contributed by atoms with Gasteiger partial charge < -0.3 is 4.74 Å². The van der Waals surface area contributed by atoms with E-state index in [1.54, 1.807) is 19.1 Å². The highest BCUT2D eigenvalue weighted by atomic mass is 16.5. The van der Waals surface area contributed by atoms with E-state index in [9.17, 15) is 4.79 Å². The number of esters is 1. The normalized spacial score (nSPS) is 18.3. The second-order valence-corrected chi connectivity index (χ2v) is 1.88. The quantitative estimate of drug-likeness (QED) is 0.451. The van der Waals surface area contributed by atoms with Gasteiger partial charge in [-0.05, 0) is 13.0 Å². The van der Waals surface area contributed by atoms with Gasteiger partial charge in [-0.1, -0.05) is 12.2 Å². The summed E-state index contributed by atoms with van der Waals surface area (Å²) in [6.45, 7) is 2.13. The Hall–Kier alpha value is -1.05. The lowest BCUT2D eigenvalue weighted by atomic mass is 10.3. The molecule has 0 spiro atoms. The molecular weight excluding hydrogens is 116 g/mol. The predicted molar refractivity (Wildman–Crippen MR) is 33.9 cm³/mol. The average Bonchev–Trinajstić information content (AvgIpc) is 1.99. The summed E-state index contributed by atoms with van der Waals surface area (Å²) in [6, 6.07) is 0. The monoisotopic (exact) mass is 124 g/mol. The molecule has 9 heavy (non-hydrogen) atoms. The van der Waals surface area contributed by atoms with Gasteiger partial charge in [0.05, 0.1) is 0 Å². The van der Waals surface area contributed by atoms with Crippen molar-refractivity contribution in [2.24, 2.45) is 0 Å². The lowest BCUT2D eigenvalue weighted by molar-refractivity contribution is -0.137. The summed E-state index contributed by atoms with van der Waals surface area (Å²) in [4.78, 5) is 10.7. The van der Waals surface area contributed by atoms with E-state index < -0.39 is 0 Å². The van der Waals surface area contributed by atoms with Gasteiger partial charge in [-0.3, -0.25) is 0 Å². The van der Waals surface area contributed by atoms with E-state index in [2.05, 4.69) is 0 Å². The van der Waals surface area contributed by atoms with Crippen LogP contribution in [0.1, 0.15) is 6.92 Å². The average molecular weight is 124 g/mol. The minimum Gasteiger partial charge on any atom is -0.458 e. The molecule has 1 aliphatic heterocycles. The van der Waals surface area contributed by atoms with Gasteiger partial charge >= 0.3 is 5.97 Å². The third-order valence-corrected chi connectivity index (χ3v) is 1.11. The maximum atomic E-state index is 10.7. The fourth-order valence-corrected chi connectivity index (χ4v) is 0.574. The fraction of sp³-hybridized carbons (Fsp3) is 0.286. The molecule has 0 saturated carbocycles. The zero-order valence-electron chi connectivity index (χ0n) is 5.26. The Morgan fingerprint density at radius 2 is 2.44 bits per heavy atom. The molecule has 0 aromatic heterocycles. The van der Waals surface area contributed by atoms with Gasteiger partial charge in [0.2, 0.25) is 0 Å². The summed E-state index contributed by atoms with van der Waals surface area (Å²) in [5.74, 6) is -0.222. The van der Waals surface area contributed by atoms with Crippen LogP contribution in [0.5, 0.6) is 0 Å². The number of allylic oxidation sites excluding steroid dienone is 2. The molecule has 0 N–H and O–H groups in total. The smallest absolute Gasteiger partial charge is 0.334 e. The fourth-order valence-electron chi connectivity index (χ4n) is 0.574. The minimum absolute atomic E-state index is 0.222. The van der Waals surface area contributed by atoms with Crippen LogP contribution in [0, 0.1) is 0 Å². The van der Waals surface area contributed by atoms with E-state index in [0.717, 1.165) is 0 Å². The standard InChI is InChI=1S/C7H8O2/c1-6-4-2-3-5-9-7(6)8/h2-4H,5H2,1H3. The molecule has 0 saturated heterocycles. The predicted octanol–water partition coefficient (Wildman–Crippen LogP) is 1.05. The Labute approximate surface area is 53.8 Å². The van der Waals surface area contributed by atoms with Gasteiger partial charge in [0, 0.05) is 5.57 Å². The summed E-state index contributed by atoms with van der Waals surface area (Å²) in [6.07, 6.45) is 5.37. The van der Waals surface area contributed by atoms with Gasteiger partial charge in [-0.2, -0.15) is 0 Å². The SMILES string of the molecule is CC1=CC=CCOC1=O. The molecule has 0 bridgehead atoms. The molecule has 0 aliphatic carbocycles. The van der Waals surface area contributed by atoms with E-state index in [1.807, 2.05) is 6.08 Å². The highest BCUT2D eigenvalue weighted by Gasteiger charge is 2.04. The van der Waals surface area contributed by atoms with Crippen LogP contribution in [0.15, 0.2) is 23.8 Å². The van der Waals surface area contributed by atoms with Crippen molar-refractivity contribution in [3.63, 3.8) is 0 Å². The summed E-state index contributed by atoms with van der Waals surface area (Å²) >= 11 is 0. The summed E-state index contributed by atoms with van der Waals surface area (Å²) in [7, 11) is 0. The molecule has 2 heteroatoms. The van der Waals surface area contributed by atoms with Crippen LogP contribution in [0.3, 0.4) is 0 Å². The molecule has 1 heterocycles. The third kappa shape index (κ3) is 1.42. The topological polar surface area (TPSA) is 26.3 Å². The molecule has 0 atom stereocenters. The number of ether oxygens (including phenoxy) is 1. The summed E-state index contributed by atoms with van der Waals surface area (Å²) in [5.41, 5.74) is 0.656. The van der Waals surface area contributed by atoms with Crippen LogP contribution in [0.25, 0.3) is 0 Å². The van der Waals surface area contributed by atoms with Crippen molar-refractivity contribution in [2.75, 3.05) is 6.61 Å². The third-order valence-electron chi connectivity index (χ3n) is 1.11. The van der Waals surface area contributed by atoms with Crippen molar-refractivity contribution in [2.45, 2.75) is 6.92 Å². The minimum atomic E-state index is -0.222. The van der Waals surface area contributed by atoms with Crippen molar-refractivity contribution in [1.29, 1.82) is 0 Å². The number of cyclic esters (lactones) is 1. The number of hydrogen-bond donors (Lipinski definition) is 0. The molecule has 0 amide bonds. The van der Waals surface area contributed by atoms with Gasteiger partial charge in [-0.15, -0.1) is 0 Å². The highest BCUT2D eigenvalue weighted by Crippen LogP contribution is 2.00. The van der Waals surface area contributed by atoms with Crippen molar-refractivity contribution in [3.8, 4) is 0 Å². The lowest BCUT2D eigenvalue weighted by Gasteiger charge is -1.96. The van der Waals surface area contributed by atoms with Crippen LogP contribution in [-0.4, -0.2) is 12.6 Å². The van der Waals surface area contributed by atoms with Gasteiger partial charge in [0.25, 0.3) is 0 Å². The Morgan fingerprint density at radius 3 is 3.22 bits per heavy atom. The molecule has 0 aromatic carbocycles. The number of carbonyl (C=O) groups excluding carboxylic acids is 1. The number of rotatable bonds is 0. The first-order chi connectivity index (χ1) is 4.30. The van der Waals surface area contributed by atoms with E-state index >= 15 is 0 Å². The molecule has 48 valence electrons. The second-order valence-electron chi connectivity index (χ2n) is 1.88. The molecular formula is C7H8O2. The first kappa shape index (κ1) is 6.08. The number of carbonyl (C=O) groups is 1. The van der Waals surface area contributed by atoms with Crippen molar-refractivity contribution < 1.29 is 9.53 Å². The van der Waals surface area contributed by atoms with Crippen LogP contribution < -0.4 is 0 Å². The van der Waals surface area contributed by atoms with Gasteiger partial charge in [0.1, 0.15) is 6.61 Å². The maximum Gasteiger partial charge on any atom is 0.334 e.